The van der Waals surface area contributed by atoms with E-state index in [9.17, 15) is 8.78 Å². The maximum Gasteiger partial charge on any atom is 0.145 e. The number of hydrogen-bond acceptors (Lipinski definition) is 1. The highest BCUT2D eigenvalue weighted by molar-refractivity contribution is 9.10. The summed E-state index contributed by atoms with van der Waals surface area (Å²) in [6.45, 7) is 0.115. The number of anilines is 1. The number of fused-ring (bicyclic) bond motifs is 1. The molecule has 2 N–H and O–H groups in total. The topological polar surface area (TPSA) is 30.9 Å². The van der Waals surface area contributed by atoms with Gasteiger partial charge < -0.3 is 10.3 Å². The fraction of sp³-hybridized carbons (Fsp3) is 0.0667. The minimum absolute atomic E-state index is 0.0271. The number of nitrogens with two attached hydrogens (primary N) is 1. The van der Waals surface area contributed by atoms with Gasteiger partial charge in [0.1, 0.15) is 11.6 Å². The Balaban J connectivity index is 2.11. The van der Waals surface area contributed by atoms with Crippen molar-refractivity contribution in [3.63, 3.8) is 0 Å². The van der Waals surface area contributed by atoms with Crippen molar-refractivity contribution < 1.29 is 8.78 Å². The number of rotatable bonds is 2. The molecule has 2 aromatic carbocycles. The second kappa shape index (κ2) is 4.90. The molecule has 3 aromatic rings. The van der Waals surface area contributed by atoms with Gasteiger partial charge in [0.25, 0.3) is 0 Å². The Labute approximate surface area is 122 Å². The molecule has 0 aliphatic carbocycles. The van der Waals surface area contributed by atoms with E-state index in [0.29, 0.717) is 5.69 Å². The highest BCUT2D eigenvalue weighted by Gasteiger charge is 2.14. The Kier molecular flexibility index (Phi) is 3.22. The Morgan fingerprint density at radius 1 is 1.10 bits per heavy atom. The van der Waals surface area contributed by atoms with Gasteiger partial charge in [-0.3, -0.25) is 0 Å². The molecule has 0 atom stereocenters. The van der Waals surface area contributed by atoms with Gasteiger partial charge in [-0.15, -0.1) is 0 Å². The third-order valence-corrected chi connectivity index (χ3v) is 3.93. The monoisotopic (exact) mass is 336 g/mol. The number of benzene rings is 2. The van der Waals surface area contributed by atoms with Gasteiger partial charge in [-0.2, -0.15) is 0 Å². The zero-order chi connectivity index (χ0) is 14.3. The molecule has 0 aliphatic rings. The molecule has 5 heteroatoms. The summed E-state index contributed by atoms with van der Waals surface area (Å²) in [6, 6.07) is 9.95. The first-order valence-electron chi connectivity index (χ1n) is 6.03. The van der Waals surface area contributed by atoms with Gasteiger partial charge in [0.05, 0.1) is 16.5 Å². The zero-order valence-electron chi connectivity index (χ0n) is 10.4. The van der Waals surface area contributed by atoms with Crippen LogP contribution >= 0.6 is 15.9 Å². The van der Waals surface area contributed by atoms with E-state index in [1.165, 1.54) is 12.1 Å². The van der Waals surface area contributed by atoms with Crippen LogP contribution in [-0.4, -0.2) is 4.57 Å². The van der Waals surface area contributed by atoms with Gasteiger partial charge in [0.15, 0.2) is 0 Å². The lowest BCUT2D eigenvalue weighted by atomic mass is 10.2. The molecule has 0 amide bonds. The van der Waals surface area contributed by atoms with Crippen molar-refractivity contribution in [2.75, 3.05) is 5.73 Å². The number of nitrogens with zero attached hydrogens (tertiary/aromatic N) is 1. The first-order valence-corrected chi connectivity index (χ1v) is 6.83. The molecule has 0 aliphatic heterocycles. The van der Waals surface area contributed by atoms with Crippen LogP contribution in [0.3, 0.4) is 0 Å². The van der Waals surface area contributed by atoms with Crippen molar-refractivity contribution in [2.45, 2.75) is 6.54 Å². The van der Waals surface area contributed by atoms with E-state index in [1.54, 1.807) is 16.8 Å². The smallest absolute Gasteiger partial charge is 0.145 e. The molecule has 1 heterocycles. The van der Waals surface area contributed by atoms with E-state index >= 15 is 0 Å². The van der Waals surface area contributed by atoms with Crippen LogP contribution in [0.1, 0.15) is 5.56 Å². The lowest BCUT2D eigenvalue weighted by molar-refractivity contribution is 0.543. The van der Waals surface area contributed by atoms with Crippen LogP contribution in [0.15, 0.2) is 47.1 Å². The van der Waals surface area contributed by atoms with E-state index in [2.05, 4.69) is 15.9 Å². The predicted molar refractivity (Wildman–Crippen MR) is 79.5 cm³/mol. The summed E-state index contributed by atoms with van der Waals surface area (Å²) >= 11 is 3.07. The predicted octanol–water partition coefficient (Wildman–Crippen LogP) is 4.31. The van der Waals surface area contributed by atoms with E-state index < -0.39 is 11.6 Å². The molecule has 0 saturated carbocycles. The second-order valence-electron chi connectivity index (χ2n) is 4.55. The van der Waals surface area contributed by atoms with Crippen molar-refractivity contribution in [2.24, 2.45) is 0 Å². The molecule has 0 saturated heterocycles. The Morgan fingerprint density at radius 3 is 2.70 bits per heavy atom. The molecular formula is C15H11BrF2N2. The Bertz CT molecular complexity index is 796. The molecule has 0 unspecified atom stereocenters. The molecule has 2 nitrogen and oxygen atoms in total. The minimum atomic E-state index is -0.573. The van der Waals surface area contributed by atoms with Gasteiger partial charge in [0, 0.05) is 22.8 Å². The number of aromatic nitrogens is 1. The lowest BCUT2D eigenvalue weighted by Gasteiger charge is -2.09. The van der Waals surface area contributed by atoms with Gasteiger partial charge in [-0.1, -0.05) is 6.07 Å². The maximum atomic E-state index is 14.0. The van der Waals surface area contributed by atoms with Crippen LogP contribution in [0.4, 0.5) is 14.5 Å². The van der Waals surface area contributed by atoms with Crippen LogP contribution in [0.5, 0.6) is 0 Å². The Hall–Kier alpha value is -1.88. The van der Waals surface area contributed by atoms with Crippen LogP contribution in [0.25, 0.3) is 10.9 Å². The molecule has 1 aromatic heterocycles. The molecule has 0 fully saturated rings. The Morgan fingerprint density at radius 2 is 1.90 bits per heavy atom. The van der Waals surface area contributed by atoms with E-state index in [-0.39, 0.29) is 16.6 Å². The normalized spacial score (nSPS) is 11.2. The second-order valence-corrected chi connectivity index (χ2v) is 5.40. The molecule has 3 rings (SSSR count). The van der Waals surface area contributed by atoms with Gasteiger partial charge in [-0.25, -0.2) is 8.78 Å². The first-order chi connectivity index (χ1) is 9.58. The molecule has 0 spiro atoms. The zero-order valence-corrected chi connectivity index (χ0v) is 12.0. The summed E-state index contributed by atoms with van der Waals surface area (Å²) < 4.78 is 29.8. The summed E-state index contributed by atoms with van der Waals surface area (Å²) in [5, 5.41) is 0.878. The summed E-state index contributed by atoms with van der Waals surface area (Å²) in [5.74, 6) is -1.13. The highest BCUT2D eigenvalue weighted by atomic mass is 79.9. The van der Waals surface area contributed by atoms with E-state index in [0.717, 1.165) is 10.9 Å². The van der Waals surface area contributed by atoms with Gasteiger partial charge in [-0.05, 0) is 46.3 Å². The van der Waals surface area contributed by atoms with Crippen LogP contribution in [-0.2, 0) is 6.54 Å². The molecule has 0 bridgehead atoms. The van der Waals surface area contributed by atoms with Crippen LogP contribution < -0.4 is 5.73 Å². The average molecular weight is 337 g/mol. The summed E-state index contributed by atoms with van der Waals surface area (Å²) in [6.07, 6.45) is 1.78. The minimum Gasteiger partial charge on any atom is -0.398 e. The SMILES string of the molecule is Nc1cccc2c1ccn2Cc1c(F)ccc(Br)c1F. The molecule has 0 radical (unpaired) electrons. The van der Waals surface area contributed by atoms with Crippen molar-refractivity contribution in [3.8, 4) is 0 Å². The number of hydrogen-bond donors (Lipinski definition) is 1. The van der Waals surface area contributed by atoms with Crippen molar-refractivity contribution in [3.05, 3.63) is 64.3 Å². The fourth-order valence-corrected chi connectivity index (χ4v) is 2.64. The quantitative estimate of drug-likeness (QED) is 0.548. The largest absolute Gasteiger partial charge is 0.398 e. The average Bonchev–Trinajstić information content (AvgIpc) is 2.84. The summed E-state index contributed by atoms with van der Waals surface area (Å²) in [5.41, 5.74) is 7.41. The summed E-state index contributed by atoms with van der Waals surface area (Å²) in [4.78, 5) is 0. The van der Waals surface area contributed by atoms with Gasteiger partial charge in [0.2, 0.25) is 0 Å². The van der Waals surface area contributed by atoms with Crippen molar-refractivity contribution in [1.29, 1.82) is 0 Å². The molecule has 102 valence electrons. The van der Waals surface area contributed by atoms with Crippen molar-refractivity contribution >= 4 is 32.5 Å². The summed E-state index contributed by atoms with van der Waals surface area (Å²) in [7, 11) is 0. The maximum absolute atomic E-state index is 14.0. The first kappa shape index (κ1) is 13.1. The van der Waals surface area contributed by atoms with E-state index in [1.807, 2.05) is 18.2 Å². The number of nitrogen functional groups attached to an aromatic ring is 1. The van der Waals surface area contributed by atoms with Crippen molar-refractivity contribution in [1.82, 2.24) is 4.57 Å². The van der Waals surface area contributed by atoms with Crippen LogP contribution in [0, 0.1) is 11.6 Å². The third kappa shape index (κ3) is 2.08. The number of halogens is 3. The molecule has 20 heavy (non-hydrogen) atoms. The van der Waals surface area contributed by atoms with Crippen LogP contribution in [0.2, 0.25) is 0 Å². The third-order valence-electron chi connectivity index (χ3n) is 3.31. The fourth-order valence-electron chi connectivity index (χ4n) is 2.27. The standard InChI is InChI=1S/C15H11BrF2N2/c16-11-4-5-12(17)10(15(11)18)8-20-7-6-9-13(19)2-1-3-14(9)20/h1-7H,8,19H2. The van der Waals surface area contributed by atoms with E-state index in [4.69, 9.17) is 5.73 Å². The lowest BCUT2D eigenvalue weighted by Crippen LogP contribution is -2.04. The van der Waals surface area contributed by atoms with Gasteiger partial charge >= 0.3 is 0 Å². The molecular weight excluding hydrogens is 326 g/mol. The highest BCUT2D eigenvalue weighted by Crippen LogP contribution is 2.26.